The molecule has 1 saturated carbocycles. The van der Waals surface area contributed by atoms with Crippen LogP contribution < -0.4 is 0 Å². The van der Waals surface area contributed by atoms with Crippen LogP contribution in [0.5, 0.6) is 0 Å². The van der Waals surface area contributed by atoms with E-state index in [1.165, 1.54) is 17.7 Å². The van der Waals surface area contributed by atoms with Crippen molar-refractivity contribution in [1.29, 1.82) is 0 Å². The summed E-state index contributed by atoms with van der Waals surface area (Å²) in [4.78, 5) is 4.43. The van der Waals surface area contributed by atoms with E-state index in [0.29, 0.717) is 11.1 Å². The molecule has 0 saturated heterocycles. The lowest BCUT2D eigenvalue weighted by Gasteiger charge is -2.39. The average molecular weight is 492 g/mol. The molecule has 0 bridgehead atoms. The van der Waals surface area contributed by atoms with Gasteiger partial charge in [-0.25, -0.2) is 13.8 Å². The second-order valence-electron chi connectivity index (χ2n) is 9.99. The summed E-state index contributed by atoms with van der Waals surface area (Å²) in [5.74, 6) is -0.412. The van der Waals surface area contributed by atoms with Gasteiger partial charge in [-0.3, -0.25) is 0 Å². The molecule has 0 aliphatic heterocycles. The molecule has 1 nitrogen and oxygen atoms in total. The fraction of sp³-hybridized carbons (Fsp3) is 0.452. The van der Waals surface area contributed by atoms with Gasteiger partial charge in [-0.1, -0.05) is 81.5 Å². The van der Waals surface area contributed by atoms with Crippen molar-refractivity contribution in [2.75, 3.05) is 0 Å². The van der Waals surface area contributed by atoms with Gasteiger partial charge < -0.3 is 0 Å². The number of allylic oxidation sites excluding steroid dienone is 2. The van der Waals surface area contributed by atoms with Crippen LogP contribution in [0.2, 0.25) is 0 Å². The summed E-state index contributed by atoms with van der Waals surface area (Å²) < 4.78 is 32.0. The third-order valence-corrected chi connectivity index (χ3v) is 7.86. The molecule has 184 valence electrons. The summed E-state index contributed by atoms with van der Waals surface area (Å²) in [5.41, 5.74) is 3.84. The number of nitrogens with zero attached hydrogens (tertiary/aromatic N) is 1. The maximum atomic E-state index is 16.7. The molecular formula is C31H35F2NS. The van der Waals surface area contributed by atoms with Gasteiger partial charge in [0.1, 0.15) is 5.83 Å². The lowest BCUT2D eigenvalue weighted by molar-refractivity contribution is 0.230. The Kier molecular flexibility index (Phi) is 8.46. The van der Waals surface area contributed by atoms with Crippen LogP contribution in [-0.2, 0) is 12.0 Å². The minimum Gasteiger partial charge on any atom is -0.239 e. The van der Waals surface area contributed by atoms with E-state index >= 15 is 8.78 Å². The van der Waals surface area contributed by atoms with E-state index in [1.54, 1.807) is 0 Å². The van der Waals surface area contributed by atoms with Crippen molar-refractivity contribution < 1.29 is 8.78 Å². The van der Waals surface area contributed by atoms with Gasteiger partial charge in [-0.2, -0.15) is 0 Å². The van der Waals surface area contributed by atoms with Crippen LogP contribution in [-0.4, -0.2) is 11.3 Å². The van der Waals surface area contributed by atoms with Crippen molar-refractivity contribution in [2.45, 2.75) is 83.3 Å². The van der Waals surface area contributed by atoms with Gasteiger partial charge in [0.2, 0.25) is 0 Å². The predicted molar refractivity (Wildman–Crippen MR) is 145 cm³/mol. The molecule has 0 spiro atoms. The van der Waals surface area contributed by atoms with Crippen molar-refractivity contribution >= 4 is 17.4 Å². The lowest BCUT2D eigenvalue weighted by Crippen LogP contribution is -2.39. The number of hydrogen-bond donors (Lipinski definition) is 0. The number of halogens is 2. The Morgan fingerprint density at radius 3 is 2.49 bits per heavy atom. The van der Waals surface area contributed by atoms with E-state index < -0.39 is 17.5 Å². The van der Waals surface area contributed by atoms with Crippen LogP contribution in [0.25, 0.3) is 11.1 Å². The summed E-state index contributed by atoms with van der Waals surface area (Å²) in [6, 6.07) is 14.0. The second-order valence-corrected chi connectivity index (χ2v) is 10.2. The number of rotatable bonds is 8. The van der Waals surface area contributed by atoms with Crippen molar-refractivity contribution in [3.8, 4) is 11.1 Å². The largest absolute Gasteiger partial charge is 0.239 e. The van der Waals surface area contributed by atoms with Gasteiger partial charge in [-0.15, -0.1) is 0 Å². The molecule has 0 radical (unpaired) electrons. The molecule has 0 aromatic heterocycles. The molecule has 35 heavy (non-hydrogen) atoms. The van der Waals surface area contributed by atoms with Gasteiger partial charge in [-0.05, 0) is 96.3 Å². The van der Waals surface area contributed by atoms with E-state index in [1.807, 2.05) is 36.4 Å². The zero-order valence-electron chi connectivity index (χ0n) is 20.8. The number of benzene rings is 2. The molecule has 4 heteroatoms. The Morgan fingerprint density at radius 2 is 1.80 bits per heavy atom. The zero-order valence-corrected chi connectivity index (χ0v) is 21.6. The fourth-order valence-electron chi connectivity index (χ4n) is 5.91. The summed E-state index contributed by atoms with van der Waals surface area (Å²) >= 11 is 5.03. The van der Waals surface area contributed by atoms with E-state index in [0.717, 1.165) is 74.5 Å². The summed E-state index contributed by atoms with van der Waals surface area (Å²) in [5, 5.41) is 2.44. The van der Waals surface area contributed by atoms with E-state index in [9.17, 15) is 0 Å². The monoisotopic (exact) mass is 491 g/mol. The maximum absolute atomic E-state index is 16.7. The first-order chi connectivity index (χ1) is 17.0. The molecule has 2 aliphatic carbocycles. The fourth-order valence-corrected chi connectivity index (χ4v) is 6.06. The minimum atomic E-state index is -1.56. The molecule has 0 amide bonds. The Labute approximate surface area is 214 Å². The van der Waals surface area contributed by atoms with Gasteiger partial charge >= 0.3 is 0 Å². The summed E-state index contributed by atoms with van der Waals surface area (Å²) in [6.07, 6.45) is 10.6. The quantitative estimate of drug-likeness (QED) is 0.203. The molecule has 2 aliphatic rings. The first-order valence-electron chi connectivity index (χ1n) is 13.0. The van der Waals surface area contributed by atoms with Crippen LogP contribution in [0.1, 0.15) is 75.0 Å². The van der Waals surface area contributed by atoms with E-state index in [2.05, 4.69) is 30.1 Å². The van der Waals surface area contributed by atoms with E-state index in [-0.39, 0.29) is 5.92 Å². The van der Waals surface area contributed by atoms with E-state index in [4.69, 9.17) is 12.2 Å². The third kappa shape index (κ3) is 5.25. The number of hydrogen-bond acceptors (Lipinski definition) is 2. The second kappa shape index (κ2) is 11.5. The smallest absolute Gasteiger partial charge is 0.156 e. The highest BCUT2D eigenvalue weighted by atomic mass is 32.1. The number of thiocarbonyl (C=S) groups is 1. The van der Waals surface area contributed by atoms with Gasteiger partial charge in [0.25, 0.3) is 0 Å². The van der Waals surface area contributed by atoms with Crippen LogP contribution in [0.3, 0.4) is 0 Å². The van der Waals surface area contributed by atoms with Crippen molar-refractivity contribution in [1.82, 2.24) is 0 Å². The molecular weight excluding hydrogens is 456 g/mol. The molecule has 0 unspecified atom stereocenters. The zero-order chi connectivity index (χ0) is 24.8. The SMILES string of the molecule is CCCCCc1ccc([C@]2(N=C=S)C=C(F)C=C(C3CCCCC3)[C@H]2F)c(-c2ccccc2)c1C. The average Bonchev–Trinajstić information content (AvgIpc) is 2.88. The molecule has 2 atom stereocenters. The Morgan fingerprint density at radius 1 is 1.06 bits per heavy atom. The number of aliphatic imine (C=N–C) groups is 1. The van der Waals surface area contributed by atoms with Crippen LogP contribution in [0.15, 0.2) is 71.0 Å². The maximum Gasteiger partial charge on any atom is 0.156 e. The predicted octanol–water partition coefficient (Wildman–Crippen LogP) is 9.40. The summed E-state index contributed by atoms with van der Waals surface area (Å²) in [7, 11) is 0. The highest BCUT2D eigenvalue weighted by Crippen LogP contribution is 2.49. The van der Waals surface area contributed by atoms with Gasteiger partial charge in [0.15, 0.2) is 11.7 Å². The standard InChI is InChI=1S/C31H35F2NS/c1-3-4-7-12-23-17-18-28(29(22(23)2)25-15-10-6-11-16-25)31(34-21-35)20-26(32)19-27(30(31)33)24-13-8-5-9-14-24/h6,10-11,15-20,24,30H,3-5,7-9,12-14H2,1-2H3/t30-,31-/m1/s1. The highest BCUT2D eigenvalue weighted by Gasteiger charge is 2.47. The first-order valence-corrected chi connectivity index (χ1v) is 13.4. The molecule has 4 rings (SSSR count). The topological polar surface area (TPSA) is 12.4 Å². The lowest BCUT2D eigenvalue weighted by atomic mass is 9.70. The number of unbranched alkanes of at least 4 members (excludes halogenated alkanes) is 2. The van der Waals surface area contributed by atoms with Crippen LogP contribution in [0, 0.1) is 12.8 Å². The van der Waals surface area contributed by atoms with Gasteiger partial charge in [0.05, 0.1) is 5.16 Å². The molecule has 0 N–H and O–H groups in total. The van der Waals surface area contributed by atoms with Crippen LogP contribution in [0.4, 0.5) is 8.78 Å². The van der Waals surface area contributed by atoms with Crippen molar-refractivity contribution in [3.05, 3.63) is 82.7 Å². The number of aryl methyl sites for hydroxylation is 1. The molecule has 1 fully saturated rings. The normalized spacial score (nSPS) is 22.8. The van der Waals surface area contributed by atoms with Crippen LogP contribution >= 0.6 is 12.2 Å². The molecule has 2 aromatic carbocycles. The van der Waals surface area contributed by atoms with Crippen molar-refractivity contribution in [2.24, 2.45) is 10.9 Å². The molecule has 0 heterocycles. The number of isothiocyanates is 1. The van der Waals surface area contributed by atoms with Crippen molar-refractivity contribution in [3.63, 3.8) is 0 Å². The van der Waals surface area contributed by atoms with Gasteiger partial charge in [0, 0.05) is 0 Å². The summed E-state index contributed by atoms with van der Waals surface area (Å²) in [6.45, 7) is 4.29. The third-order valence-electron chi connectivity index (χ3n) is 7.77. The Hall–Kier alpha value is -2.42. The number of alkyl halides is 1. The first kappa shape index (κ1) is 25.7. The molecule has 2 aromatic rings. The Bertz CT molecular complexity index is 1140. The Balaban J connectivity index is 1.90. The highest BCUT2D eigenvalue weighted by molar-refractivity contribution is 7.78. The minimum absolute atomic E-state index is 0.0347.